The fourth-order valence-corrected chi connectivity index (χ4v) is 2.80. The molecule has 0 aliphatic carbocycles. The standard InChI is InChI=1S/C22H23N3O/c1-24(17-18-11-5-3-6-12-18)22(26)23-20-15-9-10-16-21(20)25(2)19-13-7-4-8-14-19/h3-16H,17H2,1-2H3,(H,23,26). The number of nitrogens with one attached hydrogen (secondary N) is 1. The van der Waals surface area contributed by atoms with E-state index in [1.807, 2.05) is 92.0 Å². The zero-order chi connectivity index (χ0) is 18.4. The van der Waals surface area contributed by atoms with Crippen LogP contribution in [0.3, 0.4) is 0 Å². The monoisotopic (exact) mass is 345 g/mol. The van der Waals surface area contributed by atoms with Crippen LogP contribution in [-0.4, -0.2) is 25.0 Å². The van der Waals surface area contributed by atoms with Gasteiger partial charge in [0.25, 0.3) is 0 Å². The van der Waals surface area contributed by atoms with Gasteiger partial charge in [0.2, 0.25) is 0 Å². The maximum Gasteiger partial charge on any atom is 0.321 e. The molecule has 1 N–H and O–H groups in total. The smallest absolute Gasteiger partial charge is 0.321 e. The third-order valence-electron chi connectivity index (χ3n) is 4.26. The molecule has 2 amide bonds. The van der Waals surface area contributed by atoms with Crippen LogP contribution in [0.1, 0.15) is 5.56 Å². The minimum atomic E-state index is -0.136. The lowest BCUT2D eigenvalue weighted by Gasteiger charge is -2.24. The van der Waals surface area contributed by atoms with E-state index in [1.165, 1.54) is 0 Å². The second-order valence-electron chi connectivity index (χ2n) is 6.18. The molecule has 0 saturated heterocycles. The Morgan fingerprint density at radius 2 is 1.38 bits per heavy atom. The molecule has 0 radical (unpaired) electrons. The first kappa shape index (κ1) is 17.5. The Balaban J connectivity index is 1.74. The van der Waals surface area contributed by atoms with Crippen molar-refractivity contribution in [1.82, 2.24) is 4.90 Å². The summed E-state index contributed by atoms with van der Waals surface area (Å²) in [6.45, 7) is 0.559. The van der Waals surface area contributed by atoms with Crippen LogP contribution < -0.4 is 10.2 Å². The predicted octanol–water partition coefficient (Wildman–Crippen LogP) is 5.12. The molecule has 4 heteroatoms. The van der Waals surface area contributed by atoms with E-state index in [1.54, 1.807) is 11.9 Å². The van der Waals surface area contributed by atoms with Gasteiger partial charge in [-0.25, -0.2) is 4.79 Å². The summed E-state index contributed by atoms with van der Waals surface area (Å²) in [7, 11) is 3.79. The highest BCUT2D eigenvalue weighted by atomic mass is 16.2. The fourth-order valence-electron chi connectivity index (χ4n) is 2.80. The SMILES string of the molecule is CN(Cc1ccccc1)C(=O)Nc1ccccc1N(C)c1ccccc1. The van der Waals surface area contributed by atoms with E-state index in [4.69, 9.17) is 0 Å². The number of amides is 2. The van der Waals surface area contributed by atoms with Crippen molar-refractivity contribution < 1.29 is 4.79 Å². The van der Waals surface area contributed by atoms with Gasteiger partial charge in [-0.3, -0.25) is 0 Å². The summed E-state index contributed by atoms with van der Waals surface area (Å²) < 4.78 is 0. The van der Waals surface area contributed by atoms with Gasteiger partial charge < -0.3 is 15.1 Å². The molecule has 4 nitrogen and oxygen atoms in total. The minimum Gasteiger partial charge on any atom is -0.343 e. The summed E-state index contributed by atoms with van der Waals surface area (Å²) >= 11 is 0. The van der Waals surface area contributed by atoms with Crippen molar-refractivity contribution in [3.63, 3.8) is 0 Å². The Kier molecular flexibility index (Phi) is 5.54. The fraction of sp³-hybridized carbons (Fsp3) is 0.136. The van der Waals surface area contributed by atoms with Crippen molar-refractivity contribution in [2.24, 2.45) is 0 Å². The maximum absolute atomic E-state index is 12.6. The molecule has 0 heterocycles. The summed E-state index contributed by atoms with van der Waals surface area (Å²) in [5.41, 5.74) is 3.88. The van der Waals surface area contributed by atoms with Crippen LogP contribution in [0.15, 0.2) is 84.9 Å². The quantitative estimate of drug-likeness (QED) is 0.697. The Bertz CT molecular complexity index is 850. The maximum atomic E-state index is 12.6. The number of hydrogen-bond acceptors (Lipinski definition) is 2. The molecule has 0 aliphatic rings. The molecule has 0 saturated carbocycles. The molecule has 3 aromatic rings. The van der Waals surface area contributed by atoms with Crippen molar-refractivity contribution in [2.45, 2.75) is 6.54 Å². The molecule has 132 valence electrons. The van der Waals surface area contributed by atoms with Crippen molar-refractivity contribution in [1.29, 1.82) is 0 Å². The first-order chi connectivity index (χ1) is 12.6. The normalized spacial score (nSPS) is 10.2. The lowest BCUT2D eigenvalue weighted by atomic mass is 10.2. The molecule has 0 spiro atoms. The Hall–Kier alpha value is -3.27. The largest absolute Gasteiger partial charge is 0.343 e. The summed E-state index contributed by atoms with van der Waals surface area (Å²) in [5.74, 6) is 0. The first-order valence-corrected chi connectivity index (χ1v) is 8.59. The highest BCUT2D eigenvalue weighted by Crippen LogP contribution is 2.30. The predicted molar refractivity (Wildman–Crippen MR) is 108 cm³/mol. The highest BCUT2D eigenvalue weighted by Gasteiger charge is 2.14. The lowest BCUT2D eigenvalue weighted by Crippen LogP contribution is -2.31. The van der Waals surface area contributed by atoms with Crippen molar-refractivity contribution >= 4 is 23.1 Å². The number of carbonyl (C=O) groups excluding carboxylic acids is 1. The zero-order valence-corrected chi connectivity index (χ0v) is 15.1. The topological polar surface area (TPSA) is 35.6 Å². The number of hydrogen-bond donors (Lipinski definition) is 1. The molecule has 0 unspecified atom stereocenters. The third-order valence-corrected chi connectivity index (χ3v) is 4.26. The van der Waals surface area contributed by atoms with Crippen LogP contribution in [0.4, 0.5) is 21.9 Å². The number of carbonyl (C=O) groups is 1. The van der Waals surface area contributed by atoms with E-state index in [0.29, 0.717) is 6.54 Å². The second-order valence-corrected chi connectivity index (χ2v) is 6.18. The number of anilines is 3. The summed E-state index contributed by atoms with van der Waals surface area (Å²) in [4.78, 5) is 16.4. The lowest BCUT2D eigenvalue weighted by molar-refractivity contribution is 0.220. The summed E-state index contributed by atoms with van der Waals surface area (Å²) in [6.07, 6.45) is 0. The number of rotatable bonds is 5. The van der Waals surface area contributed by atoms with Crippen LogP contribution >= 0.6 is 0 Å². The minimum absolute atomic E-state index is 0.136. The average molecular weight is 345 g/mol. The molecule has 0 atom stereocenters. The summed E-state index contributed by atoms with van der Waals surface area (Å²) in [6, 6.07) is 27.7. The Morgan fingerprint density at radius 1 is 0.808 bits per heavy atom. The van der Waals surface area contributed by atoms with E-state index < -0.39 is 0 Å². The Morgan fingerprint density at radius 3 is 2.08 bits per heavy atom. The molecule has 3 rings (SSSR count). The number of para-hydroxylation sites is 3. The van der Waals surface area contributed by atoms with Gasteiger partial charge in [-0.1, -0.05) is 60.7 Å². The highest BCUT2D eigenvalue weighted by molar-refractivity contribution is 5.94. The Labute approximate surface area is 154 Å². The molecule has 0 aromatic heterocycles. The summed E-state index contributed by atoms with van der Waals surface area (Å²) in [5, 5.41) is 3.03. The van der Waals surface area contributed by atoms with Crippen molar-refractivity contribution in [3.8, 4) is 0 Å². The first-order valence-electron chi connectivity index (χ1n) is 8.59. The van der Waals surface area contributed by atoms with Gasteiger partial charge in [-0.15, -0.1) is 0 Å². The molecule has 0 bridgehead atoms. The molecular weight excluding hydrogens is 322 g/mol. The average Bonchev–Trinajstić information content (AvgIpc) is 2.69. The number of nitrogens with zero attached hydrogens (tertiary/aromatic N) is 2. The van der Waals surface area contributed by atoms with Crippen LogP contribution in [-0.2, 0) is 6.54 Å². The molecule has 0 fully saturated rings. The van der Waals surface area contributed by atoms with Gasteiger partial charge in [0.05, 0.1) is 11.4 Å². The van der Waals surface area contributed by atoms with Crippen LogP contribution in [0.5, 0.6) is 0 Å². The van der Waals surface area contributed by atoms with E-state index in [2.05, 4.69) is 10.2 Å². The van der Waals surface area contributed by atoms with E-state index >= 15 is 0 Å². The van der Waals surface area contributed by atoms with Crippen LogP contribution in [0, 0.1) is 0 Å². The van der Waals surface area contributed by atoms with Gasteiger partial charge in [0.1, 0.15) is 0 Å². The second kappa shape index (κ2) is 8.21. The molecule has 0 aliphatic heterocycles. The van der Waals surface area contributed by atoms with E-state index in [0.717, 1.165) is 22.6 Å². The van der Waals surface area contributed by atoms with Gasteiger partial charge in [0.15, 0.2) is 0 Å². The van der Waals surface area contributed by atoms with Gasteiger partial charge in [-0.2, -0.15) is 0 Å². The van der Waals surface area contributed by atoms with E-state index in [-0.39, 0.29) is 6.03 Å². The van der Waals surface area contributed by atoms with Gasteiger partial charge >= 0.3 is 6.03 Å². The van der Waals surface area contributed by atoms with Crippen molar-refractivity contribution in [3.05, 3.63) is 90.5 Å². The van der Waals surface area contributed by atoms with Crippen LogP contribution in [0.25, 0.3) is 0 Å². The molecule has 3 aromatic carbocycles. The van der Waals surface area contributed by atoms with E-state index in [9.17, 15) is 4.79 Å². The molecular formula is C22H23N3O. The number of benzene rings is 3. The zero-order valence-electron chi connectivity index (χ0n) is 15.1. The van der Waals surface area contributed by atoms with Crippen LogP contribution in [0.2, 0.25) is 0 Å². The number of urea groups is 1. The van der Waals surface area contributed by atoms with Crippen molar-refractivity contribution in [2.75, 3.05) is 24.3 Å². The molecule has 26 heavy (non-hydrogen) atoms. The van der Waals surface area contributed by atoms with Gasteiger partial charge in [0, 0.05) is 26.3 Å². The van der Waals surface area contributed by atoms with Gasteiger partial charge in [-0.05, 0) is 29.8 Å². The third kappa shape index (κ3) is 4.22.